The van der Waals surface area contributed by atoms with Crippen LogP contribution in [0.4, 0.5) is 5.69 Å². The van der Waals surface area contributed by atoms with Crippen LogP contribution in [0.2, 0.25) is 0 Å². The number of hydrogen-bond donors (Lipinski definition) is 2. The van der Waals surface area contributed by atoms with Crippen molar-refractivity contribution < 1.29 is 14.3 Å². The van der Waals surface area contributed by atoms with Crippen molar-refractivity contribution >= 4 is 39.6 Å². The minimum absolute atomic E-state index is 0.319. The molecule has 0 atom stereocenters. The summed E-state index contributed by atoms with van der Waals surface area (Å²) < 4.78 is 6.35. The Morgan fingerprint density at radius 3 is 2.48 bits per heavy atom. The first-order valence-electron chi connectivity index (χ1n) is 8.53. The number of halogens is 1. The van der Waals surface area contributed by atoms with Crippen LogP contribution in [0.3, 0.4) is 0 Å². The van der Waals surface area contributed by atoms with Gasteiger partial charge >= 0.3 is 0 Å². The Kier molecular flexibility index (Phi) is 8.00. The van der Waals surface area contributed by atoms with Crippen LogP contribution in [-0.4, -0.2) is 24.6 Å². The zero-order valence-corrected chi connectivity index (χ0v) is 16.8. The molecule has 2 aromatic carbocycles. The number of amides is 2. The van der Waals surface area contributed by atoms with E-state index in [0.717, 1.165) is 15.8 Å². The van der Waals surface area contributed by atoms with Crippen LogP contribution in [0.15, 0.2) is 58.1 Å². The lowest BCUT2D eigenvalue weighted by Gasteiger charge is -2.08. The average Bonchev–Trinajstić information content (AvgIpc) is 2.63. The minimum atomic E-state index is -0.493. The summed E-state index contributed by atoms with van der Waals surface area (Å²) in [5.41, 5.74) is 3.76. The van der Waals surface area contributed by atoms with Crippen molar-refractivity contribution in [3.05, 3.63) is 58.6 Å². The Balaban J connectivity index is 1.77. The second-order valence-electron chi connectivity index (χ2n) is 6.27. The van der Waals surface area contributed by atoms with Crippen LogP contribution >= 0.6 is 15.9 Å². The monoisotopic (exact) mass is 431 g/mol. The fourth-order valence-corrected chi connectivity index (χ4v) is 2.42. The van der Waals surface area contributed by atoms with E-state index < -0.39 is 11.8 Å². The molecule has 2 aromatic rings. The third-order valence-corrected chi connectivity index (χ3v) is 4.03. The number of nitrogens with one attached hydrogen (secondary N) is 2. The van der Waals surface area contributed by atoms with E-state index in [1.54, 1.807) is 18.2 Å². The third kappa shape index (κ3) is 7.62. The van der Waals surface area contributed by atoms with Crippen LogP contribution in [0.5, 0.6) is 5.75 Å². The van der Waals surface area contributed by atoms with Gasteiger partial charge in [0.1, 0.15) is 12.2 Å². The quantitative estimate of drug-likeness (QED) is 0.377. The number of para-hydroxylation sites is 1. The van der Waals surface area contributed by atoms with Gasteiger partial charge < -0.3 is 10.1 Å². The lowest BCUT2D eigenvalue weighted by atomic mass is 10.2. The topological polar surface area (TPSA) is 79.8 Å². The Hall–Kier alpha value is -2.67. The van der Waals surface area contributed by atoms with Crippen LogP contribution in [0, 0.1) is 5.92 Å². The molecule has 2 rings (SSSR count). The lowest BCUT2D eigenvalue weighted by Crippen LogP contribution is -2.24. The number of anilines is 1. The van der Waals surface area contributed by atoms with Gasteiger partial charge in [-0.15, -0.1) is 0 Å². The smallest absolute Gasteiger partial charge is 0.249 e. The van der Waals surface area contributed by atoms with Crippen LogP contribution in [0.25, 0.3) is 0 Å². The van der Waals surface area contributed by atoms with E-state index in [2.05, 4.69) is 45.6 Å². The van der Waals surface area contributed by atoms with E-state index in [1.165, 1.54) is 6.21 Å². The number of rotatable bonds is 8. The number of hydrazone groups is 1. The molecule has 0 bridgehead atoms. The van der Waals surface area contributed by atoms with E-state index in [1.807, 2.05) is 30.3 Å². The van der Waals surface area contributed by atoms with Gasteiger partial charge in [0.25, 0.3) is 0 Å². The van der Waals surface area contributed by atoms with Crippen molar-refractivity contribution in [2.45, 2.75) is 20.3 Å². The SMILES string of the molecule is CC(C)COc1ccc(C=NNC(=O)CC(=O)Nc2ccccc2Br)cc1. The lowest BCUT2D eigenvalue weighted by molar-refractivity contribution is -0.126. The second kappa shape index (κ2) is 10.5. The standard InChI is InChI=1S/C20H22BrN3O3/c1-14(2)13-27-16-9-7-15(8-10-16)12-22-24-20(26)11-19(25)23-18-6-4-3-5-17(18)21/h3-10,12,14H,11,13H2,1-2H3,(H,23,25)(H,24,26). The number of benzene rings is 2. The number of carbonyl (C=O) groups is 2. The molecule has 0 saturated heterocycles. The van der Waals surface area contributed by atoms with Gasteiger partial charge in [-0.25, -0.2) is 5.43 Å². The maximum atomic E-state index is 11.9. The fourth-order valence-electron chi connectivity index (χ4n) is 2.03. The Labute approximate surface area is 167 Å². The predicted molar refractivity (Wildman–Crippen MR) is 110 cm³/mol. The van der Waals surface area contributed by atoms with Gasteiger partial charge in [-0.1, -0.05) is 26.0 Å². The number of carbonyl (C=O) groups excluding carboxylic acids is 2. The number of hydrogen-bond acceptors (Lipinski definition) is 4. The number of nitrogens with zero attached hydrogens (tertiary/aromatic N) is 1. The summed E-state index contributed by atoms with van der Waals surface area (Å²) in [7, 11) is 0. The van der Waals surface area contributed by atoms with Gasteiger partial charge in [0.05, 0.1) is 18.5 Å². The van der Waals surface area contributed by atoms with E-state index in [0.29, 0.717) is 18.2 Å². The molecular weight excluding hydrogens is 410 g/mol. The molecule has 0 aromatic heterocycles. The van der Waals surface area contributed by atoms with E-state index in [9.17, 15) is 9.59 Å². The van der Waals surface area contributed by atoms with Crippen molar-refractivity contribution in [2.24, 2.45) is 11.0 Å². The van der Waals surface area contributed by atoms with Crippen LogP contribution < -0.4 is 15.5 Å². The molecule has 0 saturated carbocycles. The van der Waals surface area contributed by atoms with Gasteiger partial charge in [-0.05, 0) is 63.8 Å². The Morgan fingerprint density at radius 2 is 1.81 bits per heavy atom. The van der Waals surface area contributed by atoms with Crippen LogP contribution in [-0.2, 0) is 9.59 Å². The molecular formula is C20H22BrN3O3. The van der Waals surface area contributed by atoms with Gasteiger partial charge in [0, 0.05) is 4.47 Å². The zero-order chi connectivity index (χ0) is 19.6. The van der Waals surface area contributed by atoms with Crippen molar-refractivity contribution in [3.8, 4) is 5.75 Å². The molecule has 6 nitrogen and oxygen atoms in total. The Morgan fingerprint density at radius 1 is 1.11 bits per heavy atom. The molecule has 0 aliphatic heterocycles. The van der Waals surface area contributed by atoms with Gasteiger partial charge in [0.15, 0.2) is 0 Å². The van der Waals surface area contributed by atoms with Gasteiger partial charge in [-0.2, -0.15) is 5.10 Å². The highest BCUT2D eigenvalue weighted by Crippen LogP contribution is 2.21. The molecule has 0 fully saturated rings. The van der Waals surface area contributed by atoms with Crippen molar-refractivity contribution in [1.29, 1.82) is 0 Å². The molecule has 0 aliphatic rings. The summed E-state index contributed by atoms with van der Waals surface area (Å²) in [5, 5.41) is 6.53. The second-order valence-corrected chi connectivity index (χ2v) is 7.13. The normalized spacial score (nSPS) is 10.8. The highest BCUT2D eigenvalue weighted by molar-refractivity contribution is 9.10. The molecule has 0 heterocycles. The number of ether oxygens (including phenoxy) is 1. The van der Waals surface area contributed by atoms with E-state index in [4.69, 9.17) is 4.74 Å². The first-order chi connectivity index (χ1) is 12.9. The molecule has 0 unspecified atom stereocenters. The summed E-state index contributed by atoms with van der Waals surface area (Å²) in [6, 6.07) is 14.5. The first kappa shape index (κ1) is 20.6. The predicted octanol–water partition coefficient (Wildman–Crippen LogP) is 3.96. The average molecular weight is 432 g/mol. The summed E-state index contributed by atoms with van der Waals surface area (Å²) in [6.07, 6.45) is 1.19. The third-order valence-electron chi connectivity index (χ3n) is 3.34. The Bertz CT molecular complexity index is 804. The molecule has 0 radical (unpaired) electrons. The summed E-state index contributed by atoms with van der Waals surface area (Å²) in [6.45, 7) is 4.83. The van der Waals surface area contributed by atoms with Crippen molar-refractivity contribution in [3.63, 3.8) is 0 Å². The summed E-state index contributed by atoms with van der Waals surface area (Å²) in [5.74, 6) is 0.337. The molecule has 142 valence electrons. The molecule has 0 aliphatic carbocycles. The largest absolute Gasteiger partial charge is 0.493 e. The summed E-state index contributed by atoms with van der Waals surface area (Å²) >= 11 is 3.33. The maximum absolute atomic E-state index is 11.9. The summed E-state index contributed by atoms with van der Waals surface area (Å²) in [4.78, 5) is 23.7. The zero-order valence-electron chi connectivity index (χ0n) is 15.2. The van der Waals surface area contributed by atoms with Crippen molar-refractivity contribution in [1.82, 2.24) is 5.43 Å². The van der Waals surface area contributed by atoms with Crippen molar-refractivity contribution in [2.75, 3.05) is 11.9 Å². The maximum Gasteiger partial charge on any atom is 0.249 e. The first-order valence-corrected chi connectivity index (χ1v) is 9.32. The minimum Gasteiger partial charge on any atom is -0.493 e. The highest BCUT2D eigenvalue weighted by Gasteiger charge is 2.10. The van der Waals surface area contributed by atoms with Gasteiger partial charge in [0.2, 0.25) is 11.8 Å². The van der Waals surface area contributed by atoms with E-state index >= 15 is 0 Å². The highest BCUT2D eigenvalue weighted by atomic mass is 79.9. The fraction of sp³-hybridized carbons (Fsp3) is 0.250. The molecule has 7 heteroatoms. The molecule has 27 heavy (non-hydrogen) atoms. The van der Waals surface area contributed by atoms with Gasteiger partial charge in [-0.3, -0.25) is 9.59 Å². The molecule has 0 spiro atoms. The van der Waals surface area contributed by atoms with E-state index in [-0.39, 0.29) is 6.42 Å². The molecule has 2 N–H and O–H groups in total. The van der Waals surface area contributed by atoms with Crippen LogP contribution in [0.1, 0.15) is 25.8 Å². The molecule has 2 amide bonds.